The first-order valence-electron chi connectivity index (χ1n) is 8.53. The molecule has 2 unspecified atom stereocenters. The first kappa shape index (κ1) is 20.0. The van der Waals surface area contributed by atoms with Gasteiger partial charge in [0.25, 0.3) is 0 Å². The smallest absolute Gasteiger partial charge is 0.226 e. The fourth-order valence-electron chi connectivity index (χ4n) is 3.82. The van der Waals surface area contributed by atoms with Crippen LogP contribution in [0.15, 0.2) is 24.3 Å². The van der Waals surface area contributed by atoms with Crippen molar-refractivity contribution in [1.82, 2.24) is 10.2 Å². The fraction of sp³-hybridized carbons (Fsp3) is 0.556. The van der Waals surface area contributed by atoms with Gasteiger partial charge in [-0.1, -0.05) is 23.7 Å². The Morgan fingerprint density at radius 2 is 1.96 bits per heavy atom. The molecule has 1 heterocycles. The van der Waals surface area contributed by atoms with Gasteiger partial charge in [0.05, 0.1) is 12.0 Å². The summed E-state index contributed by atoms with van der Waals surface area (Å²) in [4.78, 5) is 26.6. The van der Waals surface area contributed by atoms with Crippen molar-refractivity contribution < 1.29 is 9.59 Å². The minimum Gasteiger partial charge on any atom is -0.353 e. The number of likely N-dealkylation sites (tertiary alicyclic amines) is 1. The van der Waals surface area contributed by atoms with E-state index in [1.54, 1.807) is 18.0 Å². The number of nitrogens with one attached hydrogen (secondary N) is 1. The maximum Gasteiger partial charge on any atom is 0.226 e. The second-order valence-electron chi connectivity index (χ2n) is 6.94. The number of carbonyl (C=O) groups excluding carboxylic acids is 2. The summed E-state index contributed by atoms with van der Waals surface area (Å²) in [7, 11) is 1.75. The molecule has 2 amide bonds. The number of hydrogen-bond donors (Lipinski definition) is 2. The van der Waals surface area contributed by atoms with E-state index in [9.17, 15) is 9.59 Å². The van der Waals surface area contributed by atoms with Crippen LogP contribution in [-0.4, -0.2) is 35.8 Å². The van der Waals surface area contributed by atoms with Gasteiger partial charge in [0.2, 0.25) is 11.8 Å². The molecule has 0 bridgehead atoms. The molecular formula is C18H25Cl2N3O2. The average Bonchev–Trinajstić information content (AvgIpc) is 2.85. The molecule has 3 N–H and O–H groups in total. The zero-order valence-electron chi connectivity index (χ0n) is 14.3. The number of rotatable bonds is 3. The second-order valence-corrected chi connectivity index (χ2v) is 7.37. The molecular weight excluding hydrogens is 361 g/mol. The quantitative estimate of drug-likeness (QED) is 0.839. The SMILES string of the molecule is CN1C(=O)CC(C(=O)NC2CCC(N)CC2)C1c1cccc(Cl)c1.Cl. The number of benzene rings is 1. The van der Waals surface area contributed by atoms with Gasteiger partial charge in [0, 0.05) is 30.6 Å². The summed E-state index contributed by atoms with van der Waals surface area (Å²) in [6.07, 6.45) is 3.93. The third-order valence-electron chi connectivity index (χ3n) is 5.23. The van der Waals surface area contributed by atoms with E-state index in [4.69, 9.17) is 17.3 Å². The van der Waals surface area contributed by atoms with Gasteiger partial charge >= 0.3 is 0 Å². The molecule has 1 aromatic rings. The van der Waals surface area contributed by atoms with Crippen LogP contribution in [0.25, 0.3) is 0 Å². The summed E-state index contributed by atoms with van der Waals surface area (Å²) >= 11 is 6.09. The van der Waals surface area contributed by atoms with Crippen LogP contribution >= 0.6 is 24.0 Å². The average molecular weight is 386 g/mol. The second kappa shape index (κ2) is 8.39. The van der Waals surface area contributed by atoms with E-state index in [0.29, 0.717) is 5.02 Å². The molecule has 2 fully saturated rings. The van der Waals surface area contributed by atoms with Crippen molar-refractivity contribution in [3.05, 3.63) is 34.9 Å². The molecule has 1 saturated heterocycles. The van der Waals surface area contributed by atoms with E-state index in [-0.39, 0.29) is 54.7 Å². The molecule has 1 saturated carbocycles. The number of nitrogens with two attached hydrogens (primary N) is 1. The number of carbonyl (C=O) groups is 2. The Labute approximate surface area is 159 Å². The molecule has 3 rings (SSSR count). The van der Waals surface area contributed by atoms with Gasteiger partial charge in [-0.2, -0.15) is 0 Å². The summed E-state index contributed by atoms with van der Waals surface area (Å²) in [6.45, 7) is 0. The van der Waals surface area contributed by atoms with Gasteiger partial charge in [-0.15, -0.1) is 12.4 Å². The van der Waals surface area contributed by atoms with Gasteiger partial charge in [0.15, 0.2) is 0 Å². The van der Waals surface area contributed by atoms with Crippen LogP contribution in [0.3, 0.4) is 0 Å². The van der Waals surface area contributed by atoms with Crippen molar-refractivity contribution >= 4 is 35.8 Å². The van der Waals surface area contributed by atoms with Crippen molar-refractivity contribution in [2.45, 2.75) is 50.2 Å². The van der Waals surface area contributed by atoms with E-state index in [1.165, 1.54) is 0 Å². The zero-order chi connectivity index (χ0) is 17.3. The fourth-order valence-corrected chi connectivity index (χ4v) is 4.02. The first-order chi connectivity index (χ1) is 11.5. The number of nitrogens with zero attached hydrogens (tertiary/aromatic N) is 1. The van der Waals surface area contributed by atoms with Crippen molar-refractivity contribution in [3.8, 4) is 0 Å². The normalized spacial score (nSPS) is 29.2. The lowest BCUT2D eigenvalue weighted by Crippen LogP contribution is -2.44. The van der Waals surface area contributed by atoms with Gasteiger partial charge in [0.1, 0.15) is 0 Å². The van der Waals surface area contributed by atoms with Crippen LogP contribution in [0.5, 0.6) is 0 Å². The van der Waals surface area contributed by atoms with Crippen LogP contribution in [0.1, 0.15) is 43.7 Å². The van der Waals surface area contributed by atoms with Crippen LogP contribution < -0.4 is 11.1 Å². The van der Waals surface area contributed by atoms with Crippen LogP contribution in [0.4, 0.5) is 0 Å². The highest BCUT2D eigenvalue weighted by Gasteiger charge is 2.43. The Hall–Kier alpha value is -1.30. The van der Waals surface area contributed by atoms with Gasteiger partial charge in [-0.05, 0) is 43.4 Å². The molecule has 5 nitrogen and oxygen atoms in total. The van der Waals surface area contributed by atoms with E-state index in [2.05, 4.69) is 5.32 Å². The van der Waals surface area contributed by atoms with Crippen LogP contribution in [-0.2, 0) is 9.59 Å². The molecule has 1 aromatic carbocycles. The zero-order valence-corrected chi connectivity index (χ0v) is 15.9. The molecule has 0 radical (unpaired) electrons. The Morgan fingerprint density at radius 1 is 1.28 bits per heavy atom. The molecule has 25 heavy (non-hydrogen) atoms. The number of amides is 2. The maximum atomic E-state index is 12.8. The molecule has 2 aliphatic rings. The van der Waals surface area contributed by atoms with Crippen molar-refractivity contribution in [3.63, 3.8) is 0 Å². The number of halogens is 2. The van der Waals surface area contributed by atoms with Gasteiger partial charge < -0.3 is 16.0 Å². The highest BCUT2D eigenvalue weighted by Crippen LogP contribution is 2.38. The lowest BCUT2D eigenvalue weighted by atomic mass is 9.89. The van der Waals surface area contributed by atoms with Crippen molar-refractivity contribution in [1.29, 1.82) is 0 Å². The summed E-state index contributed by atoms with van der Waals surface area (Å²) in [6, 6.07) is 7.55. The molecule has 1 aliphatic carbocycles. The lowest BCUT2D eigenvalue weighted by Gasteiger charge is -2.30. The van der Waals surface area contributed by atoms with Crippen LogP contribution in [0.2, 0.25) is 5.02 Å². The standard InChI is InChI=1S/C18H24ClN3O2.ClH/c1-22-16(23)10-15(17(22)11-3-2-4-12(19)9-11)18(24)21-14-7-5-13(20)6-8-14;/h2-4,9,13-15,17H,5-8,10,20H2,1H3,(H,21,24);1H. The van der Waals surface area contributed by atoms with E-state index >= 15 is 0 Å². The van der Waals surface area contributed by atoms with Gasteiger partial charge in [-0.3, -0.25) is 9.59 Å². The van der Waals surface area contributed by atoms with Gasteiger partial charge in [-0.25, -0.2) is 0 Å². The lowest BCUT2D eigenvalue weighted by molar-refractivity contribution is -0.128. The molecule has 0 aromatic heterocycles. The molecule has 138 valence electrons. The highest BCUT2D eigenvalue weighted by atomic mass is 35.5. The van der Waals surface area contributed by atoms with E-state index < -0.39 is 0 Å². The predicted octanol–water partition coefficient (Wildman–Crippen LogP) is 2.67. The third kappa shape index (κ3) is 4.46. The largest absolute Gasteiger partial charge is 0.353 e. The minimum atomic E-state index is -0.378. The minimum absolute atomic E-state index is 0. The predicted molar refractivity (Wildman–Crippen MR) is 101 cm³/mol. The summed E-state index contributed by atoms with van der Waals surface area (Å²) in [5.74, 6) is -0.430. The summed E-state index contributed by atoms with van der Waals surface area (Å²) in [5, 5.41) is 3.74. The Balaban J connectivity index is 0.00000225. The summed E-state index contributed by atoms with van der Waals surface area (Å²) < 4.78 is 0. The molecule has 7 heteroatoms. The van der Waals surface area contributed by atoms with E-state index in [1.807, 2.05) is 18.2 Å². The monoisotopic (exact) mass is 385 g/mol. The summed E-state index contributed by atoms with van der Waals surface area (Å²) in [5.41, 5.74) is 6.83. The van der Waals surface area contributed by atoms with Crippen LogP contribution in [0, 0.1) is 5.92 Å². The van der Waals surface area contributed by atoms with E-state index in [0.717, 1.165) is 31.2 Å². The Bertz CT molecular complexity index is 633. The molecule has 2 atom stereocenters. The topological polar surface area (TPSA) is 75.4 Å². The highest BCUT2D eigenvalue weighted by molar-refractivity contribution is 6.30. The van der Waals surface area contributed by atoms with Crippen molar-refractivity contribution in [2.75, 3.05) is 7.05 Å². The third-order valence-corrected chi connectivity index (χ3v) is 5.47. The Kier molecular flexibility index (Phi) is 6.72. The first-order valence-corrected chi connectivity index (χ1v) is 8.90. The Morgan fingerprint density at radius 3 is 2.60 bits per heavy atom. The molecule has 0 spiro atoms. The van der Waals surface area contributed by atoms with Crippen molar-refractivity contribution in [2.24, 2.45) is 11.7 Å². The maximum absolute atomic E-state index is 12.8. The molecule has 1 aliphatic heterocycles. The number of hydrogen-bond acceptors (Lipinski definition) is 3.